The average molecular weight is 369 g/mol. The molecule has 1 heterocycles. The van der Waals surface area contributed by atoms with Crippen LogP contribution in [0.3, 0.4) is 0 Å². The lowest BCUT2D eigenvalue weighted by molar-refractivity contribution is 0.266. The summed E-state index contributed by atoms with van der Waals surface area (Å²) < 4.78 is 33.0. The molecule has 3 rings (SSSR count). The number of fused-ring (bicyclic) bond motifs is 1. The van der Waals surface area contributed by atoms with Crippen LogP contribution in [0.25, 0.3) is 0 Å². The molecule has 1 aliphatic rings. The highest BCUT2D eigenvalue weighted by Gasteiger charge is 2.24. The van der Waals surface area contributed by atoms with E-state index in [1.54, 1.807) is 12.1 Å². The summed E-state index contributed by atoms with van der Waals surface area (Å²) in [4.78, 5) is 0.918. The number of nitrogens with one attached hydrogen (secondary N) is 1. The maximum absolute atomic E-state index is 12.4. The van der Waals surface area contributed by atoms with E-state index in [-0.39, 0.29) is 10.8 Å². The first-order valence-corrected chi connectivity index (χ1v) is 9.41. The van der Waals surface area contributed by atoms with Crippen molar-refractivity contribution in [3.8, 4) is 5.75 Å². The summed E-state index contributed by atoms with van der Waals surface area (Å²) in [5, 5.41) is 0.502. The molecule has 0 fully saturated rings. The number of hydrogen-bond acceptors (Lipinski definition) is 3. The minimum absolute atomic E-state index is 0.0661. The lowest BCUT2D eigenvalue weighted by Crippen LogP contribution is -2.30. The molecule has 1 unspecified atom stereocenters. The number of sulfonamides is 1. The van der Waals surface area contributed by atoms with Gasteiger partial charge in [-0.2, -0.15) is 0 Å². The highest BCUT2D eigenvalue weighted by Crippen LogP contribution is 2.34. The van der Waals surface area contributed by atoms with Crippen LogP contribution in [0.15, 0.2) is 52.3 Å². The van der Waals surface area contributed by atoms with Crippen LogP contribution >= 0.6 is 24.2 Å². The summed E-state index contributed by atoms with van der Waals surface area (Å²) in [5.41, 5.74) is 0.989. The third-order valence-electron chi connectivity index (χ3n) is 3.79. The smallest absolute Gasteiger partial charge is 0.240 e. The topological polar surface area (TPSA) is 55.4 Å². The fourth-order valence-corrected chi connectivity index (χ4v) is 3.95. The Bertz CT molecular complexity index is 807. The number of benzene rings is 2. The lowest BCUT2D eigenvalue weighted by atomic mass is 9.93. The molecule has 0 spiro atoms. The molecule has 1 atom stereocenters. The van der Waals surface area contributed by atoms with Gasteiger partial charge in [0.15, 0.2) is 0 Å². The SMILES string of the molecule is O=S(=O)(NCC1CCOc2cc([S])ccc21)c1ccc(Cl)cc1. The molecular weight excluding hydrogens is 354 g/mol. The predicted molar refractivity (Wildman–Crippen MR) is 91.8 cm³/mol. The van der Waals surface area contributed by atoms with E-state index in [0.29, 0.717) is 23.1 Å². The molecule has 121 valence electrons. The van der Waals surface area contributed by atoms with Crippen LogP contribution in [0.1, 0.15) is 17.9 Å². The van der Waals surface area contributed by atoms with Crippen LogP contribution in [-0.2, 0) is 10.0 Å². The van der Waals surface area contributed by atoms with Crippen molar-refractivity contribution in [1.82, 2.24) is 4.72 Å². The van der Waals surface area contributed by atoms with Crippen LogP contribution < -0.4 is 9.46 Å². The van der Waals surface area contributed by atoms with Gasteiger partial charge in [-0.05, 0) is 48.4 Å². The van der Waals surface area contributed by atoms with Gasteiger partial charge in [-0.15, -0.1) is 0 Å². The van der Waals surface area contributed by atoms with Gasteiger partial charge in [0.05, 0.1) is 11.5 Å². The Morgan fingerprint density at radius 3 is 2.70 bits per heavy atom. The minimum atomic E-state index is -3.56. The number of halogens is 1. The lowest BCUT2D eigenvalue weighted by Gasteiger charge is -2.26. The molecule has 2 aromatic carbocycles. The Kier molecular flexibility index (Phi) is 4.77. The summed E-state index contributed by atoms with van der Waals surface area (Å²) in [5.74, 6) is 0.816. The Morgan fingerprint density at radius 1 is 1.22 bits per heavy atom. The fourth-order valence-electron chi connectivity index (χ4n) is 2.56. The van der Waals surface area contributed by atoms with Gasteiger partial charge >= 0.3 is 0 Å². The average Bonchev–Trinajstić information content (AvgIpc) is 2.53. The molecule has 1 N–H and O–H groups in total. The first-order chi connectivity index (χ1) is 11.0. The maximum atomic E-state index is 12.4. The third kappa shape index (κ3) is 3.77. The van der Waals surface area contributed by atoms with Gasteiger partial charge in [0.2, 0.25) is 10.0 Å². The van der Waals surface area contributed by atoms with E-state index >= 15 is 0 Å². The summed E-state index contributed by atoms with van der Waals surface area (Å²) in [7, 11) is -3.56. The molecule has 0 aromatic heterocycles. The Hall–Kier alpha value is -1.34. The van der Waals surface area contributed by atoms with Crippen molar-refractivity contribution in [3.05, 3.63) is 53.1 Å². The molecule has 1 aliphatic heterocycles. The third-order valence-corrected chi connectivity index (χ3v) is 5.74. The highest BCUT2D eigenvalue weighted by atomic mass is 35.5. The van der Waals surface area contributed by atoms with Gasteiger partial charge in [-0.3, -0.25) is 0 Å². The van der Waals surface area contributed by atoms with Gasteiger partial charge in [0, 0.05) is 22.4 Å². The maximum Gasteiger partial charge on any atom is 0.240 e. The molecule has 1 radical (unpaired) electrons. The Balaban J connectivity index is 1.75. The molecule has 23 heavy (non-hydrogen) atoms. The predicted octanol–water partition coefficient (Wildman–Crippen LogP) is 3.74. The van der Waals surface area contributed by atoms with Crippen molar-refractivity contribution >= 4 is 34.3 Å². The van der Waals surface area contributed by atoms with Gasteiger partial charge in [-0.25, -0.2) is 13.1 Å². The minimum Gasteiger partial charge on any atom is -0.493 e. The first kappa shape index (κ1) is 16.5. The van der Waals surface area contributed by atoms with Crippen LogP contribution in [0, 0.1) is 0 Å². The van der Waals surface area contributed by atoms with E-state index < -0.39 is 10.0 Å². The molecule has 2 aromatic rings. The zero-order chi connectivity index (χ0) is 16.4. The van der Waals surface area contributed by atoms with E-state index in [4.69, 9.17) is 29.0 Å². The quantitative estimate of drug-likeness (QED) is 0.894. The zero-order valence-corrected chi connectivity index (χ0v) is 14.5. The van der Waals surface area contributed by atoms with Crippen LogP contribution in [-0.4, -0.2) is 21.6 Å². The first-order valence-electron chi connectivity index (χ1n) is 7.15. The summed E-state index contributed by atoms with van der Waals surface area (Å²) in [6.07, 6.45) is 0.757. The second kappa shape index (κ2) is 6.65. The number of hydrogen-bond donors (Lipinski definition) is 1. The fraction of sp³-hybridized carbons (Fsp3) is 0.250. The van der Waals surface area contributed by atoms with E-state index in [2.05, 4.69) is 4.72 Å². The van der Waals surface area contributed by atoms with Crippen molar-refractivity contribution in [2.45, 2.75) is 22.1 Å². The molecule has 4 nitrogen and oxygen atoms in total. The standard InChI is InChI=1S/C16H15ClNO3S2/c17-12-1-4-14(5-2-12)23(19,20)18-10-11-7-8-21-16-9-13(22)3-6-15(11)16/h1-6,9,11,18H,7-8,10H2. The molecule has 0 saturated carbocycles. The molecule has 0 bridgehead atoms. The van der Waals surface area contributed by atoms with Crippen LogP contribution in [0.2, 0.25) is 5.02 Å². The molecule has 0 amide bonds. The van der Waals surface area contributed by atoms with Gasteiger partial charge in [0.25, 0.3) is 0 Å². The van der Waals surface area contributed by atoms with E-state index in [1.807, 2.05) is 18.2 Å². The molecular formula is C16H15ClNO3S2. The van der Waals surface area contributed by atoms with Gasteiger partial charge in [0.1, 0.15) is 5.75 Å². The monoisotopic (exact) mass is 368 g/mol. The Morgan fingerprint density at radius 2 is 1.96 bits per heavy atom. The van der Waals surface area contributed by atoms with Crippen LogP contribution in [0.5, 0.6) is 5.75 Å². The zero-order valence-electron chi connectivity index (χ0n) is 12.2. The Labute approximate surface area is 146 Å². The summed E-state index contributed by atoms with van der Waals surface area (Å²) >= 11 is 10.9. The van der Waals surface area contributed by atoms with E-state index in [9.17, 15) is 8.42 Å². The highest BCUT2D eigenvalue weighted by molar-refractivity contribution is 7.89. The summed E-state index contributed by atoms with van der Waals surface area (Å²) in [6, 6.07) is 11.7. The molecule has 0 saturated heterocycles. The summed E-state index contributed by atoms with van der Waals surface area (Å²) in [6.45, 7) is 0.872. The van der Waals surface area contributed by atoms with Crippen molar-refractivity contribution in [2.24, 2.45) is 0 Å². The molecule has 0 aliphatic carbocycles. The normalized spacial score (nSPS) is 17.3. The largest absolute Gasteiger partial charge is 0.493 e. The van der Waals surface area contributed by atoms with Gasteiger partial charge < -0.3 is 4.74 Å². The van der Waals surface area contributed by atoms with E-state index in [1.165, 1.54) is 12.1 Å². The van der Waals surface area contributed by atoms with Gasteiger partial charge in [-0.1, -0.05) is 30.3 Å². The van der Waals surface area contributed by atoms with Crippen LogP contribution in [0.4, 0.5) is 0 Å². The van der Waals surface area contributed by atoms with Crippen molar-refractivity contribution < 1.29 is 13.2 Å². The second-order valence-electron chi connectivity index (χ2n) is 5.34. The molecule has 7 heteroatoms. The number of rotatable bonds is 4. The van der Waals surface area contributed by atoms with Crippen molar-refractivity contribution in [1.29, 1.82) is 0 Å². The second-order valence-corrected chi connectivity index (χ2v) is 8.01. The van der Waals surface area contributed by atoms with E-state index in [0.717, 1.165) is 17.7 Å². The number of ether oxygens (including phenoxy) is 1. The van der Waals surface area contributed by atoms with Crippen molar-refractivity contribution in [3.63, 3.8) is 0 Å². The van der Waals surface area contributed by atoms with Crippen molar-refractivity contribution in [2.75, 3.05) is 13.2 Å².